The Morgan fingerprint density at radius 2 is 1.87 bits per heavy atom. The van der Waals surface area contributed by atoms with E-state index < -0.39 is 9.84 Å². The molecule has 0 spiro atoms. The van der Waals surface area contributed by atoms with Crippen molar-refractivity contribution >= 4 is 44.6 Å². The lowest BCUT2D eigenvalue weighted by Crippen LogP contribution is -2.27. The van der Waals surface area contributed by atoms with E-state index in [1.54, 1.807) is 0 Å². The smallest absolute Gasteiger partial charge is 0.232 e. The van der Waals surface area contributed by atoms with Crippen LogP contribution in [0.15, 0.2) is 35.5 Å². The van der Waals surface area contributed by atoms with Gasteiger partial charge in [0.2, 0.25) is 5.91 Å². The largest absolute Gasteiger partial charge is 0.293 e. The van der Waals surface area contributed by atoms with Crippen LogP contribution in [0.2, 0.25) is 5.02 Å². The van der Waals surface area contributed by atoms with Crippen LogP contribution in [0.5, 0.6) is 0 Å². The molecule has 0 unspecified atom stereocenters. The van der Waals surface area contributed by atoms with Crippen molar-refractivity contribution in [3.05, 3.63) is 41.3 Å². The van der Waals surface area contributed by atoms with E-state index in [0.717, 1.165) is 25.5 Å². The van der Waals surface area contributed by atoms with E-state index in [2.05, 4.69) is 9.97 Å². The van der Waals surface area contributed by atoms with E-state index in [0.29, 0.717) is 18.0 Å². The van der Waals surface area contributed by atoms with Crippen molar-refractivity contribution in [2.45, 2.75) is 50.3 Å². The highest BCUT2D eigenvalue weighted by Crippen LogP contribution is 2.33. The summed E-state index contributed by atoms with van der Waals surface area (Å²) in [5.41, 5.74) is 0.594. The van der Waals surface area contributed by atoms with E-state index in [9.17, 15) is 18.0 Å². The van der Waals surface area contributed by atoms with Gasteiger partial charge >= 0.3 is 0 Å². The molecule has 9 heteroatoms. The molecule has 7 nitrogen and oxygen atoms in total. The fourth-order valence-electron chi connectivity index (χ4n) is 3.69. The van der Waals surface area contributed by atoms with E-state index in [1.165, 1.54) is 55.3 Å². The molecule has 0 radical (unpaired) electrons. The van der Waals surface area contributed by atoms with Crippen LogP contribution in [0.25, 0.3) is 0 Å². The van der Waals surface area contributed by atoms with Crippen molar-refractivity contribution in [2.24, 2.45) is 5.92 Å². The van der Waals surface area contributed by atoms with Crippen LogP contribution >= 0.6 is 11.6 Å². The molecule has 30 heavy (non-hydrogen) atoms. The summed E-state index contributed by atoms with van der Waals surface area (Å²) >= 11 is 6.20. The zero-order valence-electron chi connectivity index (χ0n) is 17.0. The second-order valence-electron chi connectivity index (χ2n) is 7.62. The number of amides is 1. The number of hydrogen-bond acceptors (Lipinski definition) is 6. The molecule has 1 aromatic heterocycles. The van der Waals surface area contributed by atoms with Gasteiger partial charge in [0.15, 0.2) is 21.4 Å². The van der Waals surface area contributed by atoms with Gasteiger partial charge in [-0.3, -0.25) is 14.5 Å². The molecule has 2 aromatic rings. The molecular formula is C21H24ClN3O4S. The highest BCUT2D eigenvalue weighted by atomic mass is 35.5. The maximum Gasteiger partial charge on any atom is 0.232 e. The molecule has 1 amide bonds. The highest BCUT2D eigenvalue weighted by Gasteiger charge is 2.24. The Hall–Kier alpha value is -2.32. The van der Waals surface area contributed by atoms with Crippen LogP contribution in [0.4, 0.5) is 11.5 Å². The van der Waals surface area contributed by atoms with E-state index in [1.807, 2.05) is 0 Å². The molecule has 3 rings (SSSR count). The summed E-state index contributed by atoms with van der Waals surface area (Å²) in [5.74, 6) is 0.376. The number of anilines is 2. The van der Waals surface area contributed by atoms with Gasteiger partial charge in [0.25, 0.3) is 0 Å². The Kier molecular flexibility index (Phi) is 6.88. The second kappa shape index (κ2) is 9.22. The van der Waals surface area contributed by atoms with Crippen LogP contribution in [-0.4, -0.2) is 36.3 Å². The minimum atomic E-state index is -3.50. The maximum atomic E-state index is 13.1. The van der Waals surface area contributed by atoms with E-state index in [-0.39, 0.29) is 33.1 Å². The summed E-state index contributed by atoms with van der Waals surface area (Å²) < 4.78 is 23.7. The summed E-state index contributed by atoms with van der Waals surface area (Å²) in [7, 11) is -3.50. The number of ketones is 1. The van der Waals surface area contributed by atoms with Gasteiger partial charge in [-0.25, -0.2) is 18.4 Å². The summed E-state index contributed by atoms with van der Waals surface area (Å²) in [5, 5.41) is 0.0249. The van der Waals surface area contributed by atoms with Crippen LogP contribution in [0.3, 0.4) is 0 Å². The normalized spacial score (nSPS) is 14.6. The van der Waals surface area contributed by atoms with E-state index in [4.69, 9.17) is 11.6 Å². The van der Waals surface area contributed by atoms with Crippen molar-refractivity contribution in [2.75, 3.05) is 11.2 Å². The molecular weight excluding hydrogens is 426 g/mol. The number of carbonyl (C=O) groups excluding carboxylic acids is 2. The fourth-order valence-corrected chi connectivity index (χ4v) is 5.01. The molecule has 1 aliphatic rings. The van der Waals surface area contributed by atoms with Crippen molar-refractivity contribution in [1.29, 1.82) is 0 Å². The summed E-state index contributed by atoms with van der Waals surface area (Å²) in [6, 6.07) is 4.34. The maximum absolute atomic E-state index is 13.1. The first kappa shape index (κ1) is 22.4. The third-order valence-corrected chi connectivity index (χ3v) is 6.87. The highest BCUT2D eigenvalue weighted by molar-refractivity contribution is 7.90. The molecule has 0 saturated heterocycles. The Bertz CT molecular complexity index is 1050. The van der Waals surface area contributed by atoms with Gasteiger partial charge in [-0.05, 0) is 30.5 Å². The zero-order chi connectivity index (χ0) is 21.9. The first-order chi connectivity index (χ1) is 14.2. The van der Waals surface area contributed by atoms with Gasteiger partial charge in [-0.15, -0.1) is 0 Å². The number of sulfone groups is 1. The molecule has 1 aromatic carbocycles. The summed E-state index contributed by atoms with van der Waals surface area (Å²) in [6.45, 7) is 1.39. The SMILES string of the molecule is CC(=O)c1cnc(N(C(=O)CCC2CCCC2)c2ccc(S(C)(=O)=O)c(Cl)c2)cn1. The molecule has 1 fully saturated rings. The Morgan fingerprint density at radius 1 is 1.17 bits per heavy atom. The van der Waals surface area contributed by atoms with Gasteiger partial charge in [0.05, 0.1) is 28.0 Å². The number of aromatic nitrogens is 2. The first-order valence-electron chi connectivity index (χ1n) is 9.82. The first-order valence-corrected chi connectivity index (χ1v) is 12.1. The quantitative estimate of drug-likeness (QED) is 0.582. The molecule has 0 N–H and O–H groups in total. The fraction of sp³-hybridized carbons (Fsp3) is 0.429. The number of halogens is 1. The third kappa shape index (κ3) is 5.23. The lowest BCUT2D eigenvalue weighted by molar-refractivity contribution is -0.118. The monoisotopic (exact) mass is 449 g/mol. The lowest BCUT2D eigenvalue weighted by Gasteiger charge is -2.23. The number of rotatable bonds is 7. The zero-order valence-corrected chi connectivity index (χ0v) is 18.5. The predicted octanol–water partition coefficient (Wildman–Crippen LogP) is 4.37. The topological polar surface area (TPSA) is 97.3 Å². The molecule has 0 bridgehead atoms. The van der Waals surface area contributed by atoms with Gasteiger partial charge < -0.3 is 0 Å². The van der Waals surface area contributed by atoms with Crippen molar-refractivity contribution in [3.8, 4) is 0 Å². The Labute approximate surface area is 181 Å². The van der Waals surface area contributed by atoms with E-state index >= 15 is 0 Å². The standard InChI is InChI=1S/C21H24ClN3O4S/c1-14(26)18-12-24-20(13-23-18)25(21(27)10-7-15-5-3-4-6-15)16-8-9-19(17(22)11-16)30(2,28)29/h8-9,11-13,15H,3-7,10H2,1-2H3. The van der Waals surface area contributed by atoms with Crippen molar-refractivity contribution in [1.82, 2.24) is 9.97 Å². The van der Waals surface area contributed by atoms with Gasteiger partial charge in [0.1, 0.15) is 5.69 Å². The van der Waals surface area contributed by atoms with Crippen LogP contribution in [0, 0.1) is 5.92 Å². The average molecular weight is 450 g/mol. The van der Waals surface area contributed by atoms with Crippen LogP contribution < -0.4 is 4.90 Å². The van der Waals surface area contributed by atoms with Crippen LogP contribution in [0.1, 0.15) is 55.9 Å². The van der Waals surface area contributed by atoms with Crippen molar-refractivity contribution < 1.29 is 18.0 Å². The van der Waals surface area contributed by atoms with Gasteiger partial charge in [0, 0.05) is 19.6 Å². The van der Waals surface area contributed by atoms with Crippen molar-refractivity contribution in [3.63, 3.8) is 0 Å². The Balaban J connectivity index is 1.95. The lowest BCUT2D eigenvalue weighted by atomic mass is 10.0. The predicted molar refractivity (Wildman–Crippen MR) is 115 cm³/mol. The minimum absolute atomic E-state index is 0.00992. The summed E-state index contributed by atoms with van der Waals surface area (Å²) in [4.78, 5) is 34.3. The Morgan fingerprint density at radius 3 is 2.40 bits per heavy atom. The summed E-state index contributed by atoms with van der Waals surface area (Å²) in [6.07, 6.45) is 9.53. The number of hydrogen-bond donors (Lipinski definition) is 0. The third-order valence-electron chi connectivity index (χ3n) is 5.29. The second-order valence-corrected chi connectivity index (χ2v) is 10.0. The van der Waals surface area contributed by atoms with Crippen LogP contribution in [-0.2, 0) is 14.6 Å². The molecule has 1 aliphatic carbocycles. The molecule has 1 heterocycles. The molecule has 160 valence electrons. The number of benzene rings is 1. The molecule has 0 aliphatic heterocycles. The average Bonchev–Trinajstić information content (AvgIpc) is 3.20. The number of carbonyl (C=O) groups is 2. The number of Topliss-reactive ketones (excluding diaryl/α,β-unsaturated/α-hetero) is 1. The molecule has 1 saturated carbocycles. The van der Waals surface area contributed by atoms with Gasteiger partial charge in [-0.1, -0.05) is 37.3 Å². The van der Waals surface area contributed by atoms with Gasteiger partial charge in [-0.2, -0.15) is 0 Å². The molecule has 0 atom stereocenters. The number of nitrogens with zero attached hydrogens (tertiary/aromatic N) is 3. The minimum Gasteiger partial charge on any atom is -0.293 e.